The van der Waals surface area contributed by atoms with Crippen LogP contribution in [0.25, 0.3) is 0 Å². The van der Waals surface area contributed by atoms with Crippen LogP contribution < -0.4 is 10.6 Å². The molecule has 2 aromatic carbocycles. The molecule has 1 fully saturated rings. The zero-order valence-electron chi connectivity index (χ0n) is 17.4. The van der Waals surface area contributed by atoms with Crippen molar-refractivity contribution in [1.82, 2.24) is 5.32 Å². The van der Waals surface area contributed by atoms with E-state index in [1.54, 1.807) is 0 Å². The molecular weight excluding hydrogens is 418 g/mol. The molecule has 10 nitrogen and oxygen atoms in total. The number of cyclic esters (lactones) is 2. The van der Waals surface area contributed by atoms with Crippen LogP contribution in [0.2, 0.25) is 0 Å². The predicted molar refractivity (Wildman–Crippen MR) is 113 cm³/mol. The van der Waals surface area contributed by atoms with Crippen LogP contribution in [0, 0.1) is 10.1 Å². The number of esters is 2. The maximum Gasteiger partial charge on any atom is 0.350 e. The van der Waals surface area contributed by atoms with Crippen LogP contribution in [-0.2, 0) is 30.3 Å². The van der Waals surface area contributed by atoms with Crippen LogP contribution in [-0.4, -0.2) is 34.6 Å². The summed E-state index contributed by atoms with van der Waals surface area (Å²) in [6, 6.07) is 13.6. The van der Waals surface area contributed by atoms with Crippen molar-refractivity contribution >= 4 is 29.2 Å². The van der Waals surface area contributed by atoms with Crippen LogP contribution in [0.15, 0.2) is 66.4 Å². The number of rotatable bonds is 7. The number of non-ortho nitro benzene ring substituents is 1. The number of benzene rings is 2. The molecule has 2 N–H and O–H groups in total. The van der Waals surface area contributed by atoms with E-state index >= 15 is 0 Å². The second-order valence-corrected chi connectivity index (χ2v) is 7.44. The Bertz CT molecular complexity index is 1040. The molecule has 1 heterocycles. The predicted octanol–water partition coefficient (Wildman–Crippen LogP) is 2.45. The van der Waals surface area contributed by atoms with Crippen molar-refractivity contribution < 1.29 is 28.8 Å². The van der Waals surface area contributed by atoms with Crippen molar-refractivity contribution in [3.8, 4) is 0 Å². The van der Waals surface area contributed by atoms with E-state index in [1.165, 1.54) is 38.1 Å². The molecule has 1 aliphatic heterocycles. The lowest BCUT2D eigenvalue weighted by molar-refractivity contribution is -0.384. The van der Waals surface area contributed by atoms with Crippen molar-refractivity contribution in [3.63, 3.8) is 0 Å². The van der Waals surface area contributed by atoms with E-state index in [0.29, 0.717) is 5.69 Å². The Kier molecular flexibility index (Phi) is 6.53. The fourth-order valence-electron chi connectivity index (χ4n) is 2.94. The van der Waals surface area contributed by atoms with E-state index in [4.69, 9.17) is 9.47 Å². The number of amides is 1. The Labute approximate surface area is 183 Å². The van der Waals surface area contributed by atoms with E-state index < -0.39 is 34.6 Å². The SMILES string of the molecule is CC1(C)OC(=O)C(=CNC(Cc2ccccc2)C(=O)Nc2ccc([N+](=O)[O-])cc2)C(=O)O1. The Morgan fingerprint density at radius 2 is 1.66 bits per heavy atom. The Hall–Kier alpha value is -4.21. The average Bonchev–Trinajstić information content (AvgIpc) is 2.72. The standard InChI is InChI=1S/C22H21N3O7/c1-22(2)31-20(27)17(21(28)32-22)13-23-18(12-14-6-4-3-5-7-14)19(26)24-15-8-10-16(11-9-15)25(29)30/h3-11,13,18,23H,12H2,1-2H3,(H,24,26). The highest BCUT2D eigenvalue weighted by Gasteiger charge is 2.39. The van der Waals surface area contributed by atoms with Crippen molar-refractivity contribution in [3.05, 3.63) is 82.0 Å². The molecule has 1 amide bonds. The number of hydrogen-bond acceptors (Lipinski definition) is 8. The highest BCUT2D eigenvalue weighted by Crippen LogP contribution is 2.22. The smallest absolute Gasteiger partial charge is 0.350 e. The second kappa shape index (κ2) is 9.29. The molecule has 0 bridgehead atoms. The van der Waals surface area contributed by atoms with E-state index in [2.05, 4.69) is 10.6 Å². The summed E-state index contributed by atoms with van der Waals surface area (Å²) >= 11 is 0. The van der Waals surface area contributed by atoms with E-state index in [9.17, 15) is 24.5 Å². The minimum atomic E-state index is -1.37. The summed E-state index contributed by atoms with van der Waals surface area (Å²) in [5.74, 6) is -3.58. The minimum Gasteiger partial charge on any atom is -0.419 e. The summed E-state index contributed by atoms with van der Waals surface area (Å²) in [6.07, 6.45) is 1.34. The number of nitrogens with one attached hydrogen (secondary N) is 2. The van der Waals surface area contributed by atoms with Crippen LogP contribution in [0.4, 0.5) is 11.4 Å². The van der Waals surface area contributed by atoms with Gasteiger partial charge in [0.2, 0.25) is 5.91 Å². The van der Waals surface area contributed by atoms with Crippen LogP contribution in [0.3, 0.4) is 0 Å². The van der Waals surface area contributed by atoms with Gasteiger partial charge in [0.25, 0.3) is 11.5 Å². The first kappa shape index (κ1) is 22.5. The molecule has 32 heavy (non-hydrogen) atoms. The van der Waals surface area contributed by atoms with Crippen molar-refractivity contribution in [2.24, 2.45) is 0 Å². The first-order valence-corrected chi connectivity index (χ1v) is 9.67. The fraction of sp³-hybridized carbons (Fsp3) is 0.227. The highest BCUT2D eigenvalue weighted by atomic mass is 16.7. The first-order chi connectivity index (χ1) is 15.1. The molecule has 1 saturated heterocycles. The molecule has 0 aliphatic carbocycles. The number of carbonyl (C=O) groups excluding carboxylic acids is 3. The Morgan fingerprint density at radius 1 is 1.06 bits per heavy atom. The van der Waals surface area contributed by atoms with E-state index in [0.717, 1.165) is 11.8 Å². The van der Waals surface area contributed by atoms with Gasteiger partial charge in [-0.25, -0.2) is 9.59 Å². The van der Waals surface area contributed by atoms with E-state index in [-0.39, 0.29) is 17.7 Å². The topological polar surface area (TPSA) is 137 Å². The number of nitro benzene ring substituents is 1. The lowest BCUT2D eigenvalue weighted by Crippen LogP contribution is -2.44. The molecule has 1 unspecified atom stereocenters. The van der Waals surface area contributed by atoms with Gasteiger partial charge in [-0.2, -0.15) is 0 Å². The molecule has 1 atom stereocenters. The monoisotopic (exact) mass is 439 g/mol. The number of nitro groups is 1. The number of nitrogens with zero attached hydrogens (tertiary/aromatic N) is 1. The largest absolute Gasteiger partial charge is 0.419 e. The summed E-state index contributed by atoms with van der Waals surface area (Å²) in [7, 11) is 0. The molecular formula is C22H21N3O7. The van der Waals surface area contributed by atoms with Gasteiger partial charge in [-0.1, -0.05) is 30.3 Å². The number of ether oxygens (including phenoxy) is 2. The van der Waals surface area contributed by atoms with Gasteiger partial charge in [0.1, 0.15) is 6.04 Å². The number of hydrogen-bond donors (Lipinski definition) is 2. The highest BCUT2D eigenvalue weighted by molar-refractivity contribution is 6.15. The summed E-state index contributed by atoms with van der Waals surface area (Å²) in [6.45, 7) is 2.87. The third-order valence-electron chi connectivity index (χ3n) is 4.49. The fourth-order valence-corrected chi connectivity index (χ4v) is 2.94. The summed E-state index contributed by atoms with van der Waals surface area (Å²) < 4.78 is 10.1. The van der Waals surface area contributed by atoms with Gasteiger partial charge in [-0.3, -0.25) is 14.9 Å². The van der Waals surface area contributed by atoms with Crippen LogP contribution in [0.1, 0.15) is 19.4 Å². The van der Waals surface area contributed by atoms with Gasteiger partial charge in [0, 0.05) is 44.3 Å². The lowest BCUT2D eigenvalue weighted by atomic mass is 10.0. The van der Waals surface area contributed by atoms with Gasteiger partial charge in [-0.15, -0.1) is 0 Å². The number of anilines is 1. The van der Waals surface area contributed by atoms with Gasteiger partial charge in [-0.05, 0) is 17.7 Å². The maximum absolute atomic E-state index is 12.9. The molecule has 1 aliphatic rings. The summed E-state index contributed by atoms with van der Waals surface area (Å²) in [5, 5.41) is 16.3. The molecule has 166 valence electrons. The lowest BCUT2D eigenvalue weighted by Gasteiger charge is -2.30. The quantitative estimate of drug-likeness (QED) is 0.221. The van der Waals surface area contributed by atoms with Gasteiger partial charge < -0.3 is 20.1 Å². The molecule has 0 radical (unpaired) electrons. The van der Waals surface area contributed by atoms with E-state index in [1.807, 2.05) is 30.3 Å². The minimum absolute atomic E-state index is 0.107. The normalized spacial score (nSPS) is 15.8. The molecule has 0 spiro atoms. The molecule has 2 aromatic rings. The van der Waals surface area contributed by atoms with Crippen LogP contribution in [0.5, 0.6) is 0 Å². The zero-order chi connectivity index (χ0) is 23.3. The van der Waals surface area contributed by atoms with Crippen molar-refractivity contribution in [2.75, 3.05) is 5.32 Å². The van der Waals surface area contributed by atoms with Gasteiger partial charge in [0.15, 0.2) is 5.57 Å². The summed E-state index contributed by atoms with van der Waals surface area (Å²) in [5.41, 5.74) is 0.706. The van der Waals surface area contributed by atoms with Gasteiger partial charge in [0.05, 0.1) is 4.92 Å². The Morgan fingerprint density at radius 3 is 2.22 bits per heavy atom. The third-order valence-corrected chi connectivity index (χ3v) is 4.49. The Balaban J connectivity index is 1.78. The summed E-state index contributed by atoms with van der Waals surface area (Å²) in [4.78, 5) is 47.5. The van der Waals surface area contributed by atoms with Crippen molar-refractivity contribution in [1.29, 1.82) is 0 Å². The molecule has 0 saturated carbocycles. The average molecular weight is 439 g/mol. The van der Waals surface area contributed by atoms with Crippen molar-refractivity contribution in [2.45, 2.75) is 32.1 Å². The zero-order valence-corrected chi connectivity index (χ0v) is 17.4. The van der Waals surface area contributed by atoms with Gasteiger partial charge >= 0.3 is 11.9 Å². The molecule has 3 rings (SSSR count). The molecule has 10 heteroatoms. The third kappa shape index (κ3) is 5.69. The second-order valence-electron chi connectivity index (χ2n) is 7.44. The number of carbonyl (C=O) groups is 3. The molecule has 0 aromatic heterocycles. The maximum atomic E-state index is 12.9. The van der Waals surface area contributed by atoms with Crippen LogP contribution >= 0.6 is 0 Å². The first-order valence-electron chi connectivity index (χ1n) is 9.67.